The van der Waals surface area contributed by atoms with Gasteiger partial charge in [-0.3, -0.25) is 9.78 Å². The van der Waals surface area contributed by atoms with Gasteiger partial charge in [-0.05, 0) is 11.6 Å². The smallest absolute Gasteiger partial charge is 0.271 e. The second-order valence-electron chi connectivity index (χ2n) is 3.93. The molecule has 7 heteroatoms. The quantitative estimate of drug-likeness (QED) is 0.839. The maximum absolute atomic E-state index is 12.0. The predicted octanol–water partition coefficient (Wildman–Crippen LogP) is 0.852. The zero-order valence-corrected chi connectivity index (χ0v) is 11.3. The number of hydrogen-bond acceptors (Lipinski definition) is 6. The van der Waals surface area contributed by atoms with E-state index in [2.05, 4.69) is 25.6 Å². The zero-order valence-electron chi connectivity index (χ0n) is 11.3. The van der Waals surface area contributed by atoms with Crippen LogP contribution in [0.4, 0.5) is 5.82 Å². The Morgan fingerprint density at radius 3 is 3.00 bits per heavy atom. The van der Waals surface area contributed by atoms with Gasteiger partial charge in [0.05, 0.1) is 19.5 Å². The van der Waals surface area contributed by atoms with Crippen molar-refractivity contribution in [1.82, 2.24) is 20.3 Å². The van der Waals surface area contributed by atoms with E-state index < -0.39 is 0 Å². The van der Waals surface area contributed by atoms with Gasteiger partial charge in [-0.2, -0.15) is 0 Å². The number of rotatable bonds is 5. The third kappa shape index (κ3) is 3.41. The zero-order chi connectivity index (χ0) is 14.4. The Bertz CT molecular complexity index is 603. The summed E-state index contributed by atoms with van der Waals surface area (Å²) in [6.07, 6.45) is 4.59. The molecule has 0 saturated heterocycles. The van der Waals surface area contributed by atoms with Gasteiger partial charge in [-0.25, -0.2) is 9.97 Å². The molecule has 0 atom stereocenters. The second-order valence-corrected chi connectivity index (χ2v) is 3.93. The molecule has 0 saturated carbocycles. The average Bonchev–Trinajstić information content (AvgIpc) is 2.52. The third-order valence-electron chi connectivity index (χ3n) is 2.58. The van der Waals surface area contributed by atoms with Crippen LogP contribution in [0.3, 0.4) is 0 Å². The molecule has 0 fully saturated rings. The van der Waals surface area contributed by atoms with E-state index in [0.717, 1.165) is 5.56 Å². The molecule has 0 aromatic carbocycles. The first-order valence-electron chi connectivity index (χ1n) is 6.00. The maximum atomic E-state index is 12.0. The largest absolute Gasteiger partial charge is 0.481 e. The van der Waals surface area contributed by atoms with E-state index in [1.165, 1.54) is 6.20 Å². The van der Waals surface area contributed by atoms with Gasteiger partial charge in [0.25, 0.3) is 5.91 Å². The molecule has 2 aromatic heterocycles. The fourth-order valence-corrected chi connectivity index (χ4v) is 1.54. The minimum absolute atomic E-state index is 0.262. The molecule has 20 heavy (non-hydrogen) atoms. The summed E-state index contributed by atoms with van der Waals surface area (Å²) >= 11 is 0. The number of pyridine rings is 1. The highest BCUT2D eigenvalue weighted by Gasteiger charge is 2.08. The molecule has 1 amide bonds. The molecule has 0 bridgehead atoms. The van der Waals surface area contributed by atoms with Crippen molar-refractivity contribution in [3.63, 3.8) is 0 Å². The monoisotopic (exact) mass is 273 g/mol. The van der Waals surface area contributed by atoms with E-state index >= 15 is 0 Å². The number of ether oxygens (including phenoxy) is 1. The van der Waals surface area contributed by atoms with Gasteiger partial charge in [0, 0.05) is 25.9 Å². The molecule has 0 aliphatic rings. The number of aromatic nitrogens is 3. The number of nitrogens with one attached hydrogen (secondary N) is 2. The van der Waals surface area contributed by atoms with Crippen LogP contribution < -0.4 is 15.4 Å². The molecule has 7 nitrogen and oxygen atoms in total. The standard InChI is InChI=1S/C13H15N5O2/c1-14-11-8-15-7-10(18-11)13(19)17-6-9-3-4-16-12(5-9)20-2/h3-5,7-8H,6H2,1-2H3,(H,14,18)(H,17,19). The highest BCUT2D eigenvalue weighted by molar-refractivity contribution is 5.92. The lowest BCUT2D eigenvalue weighted by Crippen LogP contribution is -2.24. The highest BCUT2D eigenvalue weighted by atomic mass is 16.5. The maximum Gasteiger partial charge on any atom is 0.271 e. The van der Waals surface area contributed by atoms with E-state index in [1.807, 2.05) is 0 Å². The summed E-state index contributed by atoms with van der Waals surface area (Å²) in [7, 11) is 3.26. The summed E-state index contributed by atoms with van der Waals surface area (Å²) in [5.74, 6) is 0.766. The Balaban J connectivity index is 2.00. The Morgan fingerprint density at radius 2 is 2.25 bits per heavy atom. The number of hydrogen-bond donors (Lipinski definition) is 2. The van der Waals surface area contributed by atoms with Crippen LogP contribution in [0.1, 0.15) is 16.1 Å². The minimum atomic E-state index is -0.287. The summed E-state index contributed by atoms with van der Waals surface area (Å²) in [6.45, 7) is 0.364. The first-order chi connectivity index (χ1) is 9.72. The minimum Gasteiger partial charge on any atom is -0.481 e. The Labute approximate surface area is 116 Å². The molecule has 0 spiro atoms. The van der Waals surface area contributed by atoms with Crippen LogP contribution in [0.2, 0.25) is 0 Å². The van der Waals surface area contributed by atoms with Crippen LogP contribution >= 0.6 is 0 Å². The third-order valence-corrected chi connectivity index (χ3v) is 2.58. The highest BCUT2D eigenvalue weighted by Crippen LogP contribution is 2.08. The molecule has 0 aliphatic heterocycles. The molecule has 2 heterocycles. The lowest BCUT2D eigenvalue weighted by molar-refractivity contribution is 0.0945. The molecule has 2 rings (SSSR count). The Morgan fingerprint density at radius 1 is 1.40 bits per heavy atom. The lowest BCUT2D eigenvalue weighted by atomic mass is 10.2. The van der Waals surface area contributed by atoms with E-state index in [1.54, 1.807) is 38.7 Å². The number of carbonyl (C=O) groups excluding carboxylic acids is 1. The van der Waals surface area contributed by atoms with E-state index in [0.29, 0.717) is 18.2 Å². The number of methoxy groups -OCH3 is 1. The van der Waals surface area contributed by atoms with Crippen molar-refractivity contribution < 1.29 is 9.53 Å². The Hall–Kier alpha value is -2.70. The van der Waals surface area contributed by atoms with E-state index in [9.17, 15) is 4.79 Å². The number of anilines is 1. The second kappa shape index (κ2) is 6.46. The SMILES string of the molecule is CNc1cncc(C(=O)NCc2ccnc(OC)c2)n1. The van der Waals surface area contributed by atoms with Crippen LogP contribution in [0.25, 0.3) is 0 Å². The summed E-state index contributed by atoms with van der Waals surface area (Å²) in [5.41, 5.74) is 1.15. The van der Waals surface area contributed by atoms with Gasteiger partial charge in [0.15, 0.2) is 0 Å². The van der Waals surface area contributed by atoms with Crippen LogP contribution in [-0.4, -0.2) is 35.0 Å². The van der Waals surface area contributed by atoms with Crippen molar-refractivity contribution in [2.75, 3.05) is 19.5 Å². The van der Waals surface area contributed by atoms with Gasteiger partial charge in [-0.15, -0.1) is 0 Å². The number of carbonyl (C=O) groups is 1. The summed E-state index contributed by atoms with van der Waals surface area (Å²) < 4.78 is 5.02. The van der Waals surface area contributed by atoms with E-state index in [-0.39, 0.29) is 11.6 Å². The van der Waals surface area contributed by atoms with Crippen molar-refractivity contribution in [2.24, 2.45) is 0 Å². The van der Waals surface area contributed by atoms with Crippen molar-refractivity contribution in [1.29, 1.82) is 0 Å². The summed E-state index contributed by atoms with van der Waals surface area (Å²) in [6, 6.07) is 3.56. The summed E-state index contributed by atoms with van der Waals surface area (Å²) in [5, 5.41) is 5.60. The first-order valence-corrected chi connectivity index (χ1v) is 6.00. The molecular formula is C13H15N5O2. The van der Waals surface area contributed by atoms with Gasteiger partial charge < -0.3 is 15.4 Å². The van der Waals surface area contributed by atoms with Gasteiger partial charge >= 0.3 is 0 Å². The van der Waals surface area contributed by atoms with Gasteiger partial charge in [-0.1, -0.05) is 0 Å². The molecular weight excluding hydrogens is 258 g/mol. The fraction of sp³-hybridized carbons (Fsp3) is 0.231. The normalized spacial score (nSPS) is 9.90. The van der Waals surface area contributed by atoms with Crippen LogP contribution in [0, 0.1) is 0 Å². The summed E-state index contributed by atoms with van der Waals surface area (Å²) in [4.78, 5) is 24.0. The average molecular weight is 273 g/mol. The fourth-order valence-electron chi connectivity index (χ4n) is 1.54. The van der Waals surface area contributed by atoms with E-state index in [4.69, 9.17) is 4.74 Å². The van der Waals surface area contributed by atoms with Gasteiger partial charge in [0.2, 0.25) is 5.88 Å². The van der Waals surface area contributed by atoms with Crippen molar-refractivity contribution in [2.45, 2.75) is 6.54 Å². The van der Waals surface area contributed by atoms with Crippen molar-refractivity contribution in [3.8, 4) is 5.88 Å². The van der Waals surface area contributed by atoms with Gasteiger partial charge in [0.1, 0.15) is 11.5 Å². The first kappa shape index (κ1) is 13.7. The van der Waals surface area contributed by atoms with Crippen LogP contribution in [-0.2, 0) is 6.54 Å². The van der Waals surface area contributed by atoms with Crippen molar-refractivity contribution in [3.05, 3.63) is 42.0 Å². The molecule has 104 valence electrons. The van der Waals surface area contributed by atoms with Crippen molar-refractivity contribution >= 4 is 11.7 Å². The number of amides is 1. The Kier molecular flexibility index (Phi) is 4.43. The lowest BCUT2D eigenvalue weighted by Gasteiger charge is -2.06. The molecule has 0 aliphatic carbocycles. The molecule has 2 aromatic rings. The molecule has 0 radical (unpaired) electrons. The number of nitrogens with zero attached hydrogens (tertiary/aromatic N) is 3. The predicted molar refractivity (Wildman–Crippen MR) is 73.5 cm³/mol. The molecule has 2 N–H and O–H groups in total. The van der Waals surface area contributed by atoms with Crippen LogP contribution in [0.15, 0.2) is 30.7 Å². The van der Waals surface area contributed by atoms with Crippen LogP contribution in [0.5, 0.6) is 5.88 Å². The topological polar surface area (TPSA) is 89.0 Å². The molecule has 0 unspecified atom stereocenters.